The Kier molecular flexibility index (Phi) is 6.18. The zero-order chi connectivity index (χ0) is 19.9. The number of hydrogen-bond donors (Lipinski definition) is 1. The quantitative estimate of drug-likeness (QED) is 0.491. The van der Waals surface area contributed by atoms with Gasteiger partial charge in [-0.05, 0) is 47.0 Å². The van der Waals surface area contributed by atoms with E-state index in [1.54, 1.807) is 49.1 Å². The Labute approximate surface area is 164 Å². The van der Waals surface area contributed by atoms with Crippen LogP contribution in [0.3, 0.4) is 0 Å². The molecule has 0 spiro atoms. The maximum atomic E-state index is 12.6. The van der Waals surface area contributed by atoms with Gasteiger partial charge in [0, 0.05) is 35.9 Å². The highest BCUT2D eigenvalue weighted by atomic mass is 35.5. The lowest BCUT2D eigenvalue weighted by Gasteiger charge is -1.99. The summed E-state index contributed by atoms with van der Waals surface area (Å²) in [6, 6.07) is 12.3. The van der Waals surface area contributed by atoms with E-state index < -0.39 is 0 Å². The van der Waals surface area contributed by atoms with Crippen molar-refractivity contribution in [2.45, 2.75) is 0 Å². The summed E-state index contributed by atoms with van der Waals surface area (Å²) in [6.07, 6.45) is 6.41. The number of halogens is 3. The monoisotopic (exact) mass is 397 g/mol. The van der Waals surface area contributed by atoms with Gasteiger partial charge >= 0.3 is 0 Å². The van der Waals surface area contributed by atoms with E-state index in [0.717, 1.165) is 22.3 Å². The second-order valence-electron chi connectivity index (χ2n) is 5.58. The number of nitrogens with zero attached hydrogens (tertiary/aromatic N) is 4. The van der Waals surface area contributed by atoms with Gasteiger partial charge in [0.1, 0.15) is 11.6 Å². The lowest BCUT2D eigenvalue weighted by atomic mass is 10.1. The fraction of sp³-hybridized carbons (Fsp3) is 0. The van der Waals surface area contributed by atoms with Crippen molar-refractivity contribution in [3.8, 4) is 22.3 Å². The molecule has 0 atom stereocenters. The first-order chi connectivity index (χ1) is 13.5. The van der Waals surface area contributed by atoms with Crippen LogP contribution in [0.1, 0.15) is 0 Å². The maximum Gasteiger partial charge on any atom is 0.222 e. The van der Waals surface area contributed by atoms with Gasteiger partial charge in [0.05, 0.1) is 0 Å². The molecule has 2 N–H and O–H groups in total. The van der Waals surface area contributed by atoms with Gasteiger partial charge in [0.25, 0.3) is 0 Å². The van der Waals surface area contributed by atoms with Crippen molar-refractivity contribution in [3.63, 3.8) is 0 Å². The molecule has 4 aromatic rings. The van der Waals surface area contributed by atoms with Crippen molar-refractivity contribution in [2.75, 3.05) is 5.73 Å². The molecule has 5 nitrogen and oxygen atoms in total. The van der Waals surface area contributed by atoms with Gasteiger partial charge in [0.15, 0.2) is 0 Å². The molecule has 0 aliphatic carbocycles. The molecule has 0 aliphatic heterocycles. The van der Waals surface area contributed by atoms with Crippen LogP contribution in [0.4, 0.5) is 14.7 Å². The summed E-state index contributed by atoms with van der Waals surface area (Å²) in [5.74, 6) is -0.287. The van der Waals surface area contributed by atoms with Crippen molar-refractivity contribution >= 4 is 17.5 Å². The summed E-state index contributed by atoms with van der Waals surface area (Å²) < 4.78 is 25.2. The largest absolute Gasteiger partial charge is 0.368 e. The molecular weight excluding hydrogens is 384 g/mol. The second-order valence-corrected chi connectivity index (χ2v) is 5.92. The van der Waals surface area contributed by atoms with Crippen molar-refractivity contribution in [1.82, 2.24) is 19.9 Å². The van der Waals surface area contributed by atoms with Crippen molar-refractivity contribution in [2.24, 2.45) is 0 Å². The van der Waals surface area contributed by atoms with E-state index in [1.165, 1.54) is 24.3 Å². The summed E-state index contributed by atoms with van der Waals surface area (Å²) in [6.45, 7) is 0. The molecular formula is C20H14ClF2N5. The molecule has 0 radical (unpaired) electrons. The first kappa shape index (κ1) is 19.3. The standard InChI is InChI=1S/C10H6ClFN2.C10H8FN3/c11-10-13-5-8(6-14-10)7-1-3-9(12)4-2-7;11-9-3-1-7(2-4-9)8-5-13-10(12)14-6-8/h1-6H;1-6H,(H2,12,13,14). The Bertz CT molecular complexity index is 848. The fourth-order valence-corrected chi connectivity index (χ4v) is 2.33. The number of anilines is 1. The molecule has 2 aromatic carbocycles. The minimum Gasteiger partial charge on any atom is -0.368 e. The molecule has 140 valence electrons. The smallest absolute Gasteiger partial charge is 0.222 e. The highest BCUT2D eigenvalue weighted by molar-refractivity contribution is 6.28. The highest BCUT2D eigenvalue weighted by Gasteiger charge is 1.99. The van der Waals surface area contributed by atoms with E-state index >= 15 is 0 Å². The Hall–Kier alpha value is -3.45. The third-order valence-electron chi connectivity index (χ3n) is 3.65. The van der Waals surface area contributed by atoms with Crippen LogP contribution >= 0.6 is 11.6 Å². The van der Waals surface area contributed by atoms with Gasteiger partial charge in [0.2, 0.25) is 11.2 Å². The fourth-order valence-electron chi connectivity index (χ4n) is 2.23. The van der Waals surface area contributed by atoms with E-state index in [-0.39, 0.29) is 22.9 Å². The SMILES string of the molecule is Fc1ccc(-c2cnc(Cl)nc2)cc1.Nc1ncc(-c2ccc(F)cc2)cn1. The van der Waals surface area contributed by atoms with E-state index in [9.17, 15) is 8.78 Å². The molecule has 0 aliphatic rings. The van der Waals surface area contributed by atoms with Gasteiger partial charge < -0.3 is 5.73 Å². The first-order valence-electron chi connectivity index (χ1n) is 8.08. The zero-order valence-corrected chi connectivity index (χ0v) is 15.2. The molecule has 8 heteroatoms. The Balaban J connectivity index is 0.000000161. The van der Waals surface area contributed by atoms with Crippen molar-refractivity contribution in [1.29, 1.82) is 0 Å². The summed E-state index contributed by atoms with van der Waals surface area (Å²) in [5.41, 5.74) is 8.71. The molecule has 0 bridgehead atoms. The average molecular weight is 398 g/mol. The third kappa shape index (κ3) is 5.28. The molecule has 0 fully saturated rings. The molecule has 4 rings (SSSR count). The summed E-state index contributed by atoms with van der Waals surface area (Å²) >= 11 is 5.54. The Morgan fingerprint density at radius 3 is 1.32 bits per heavy atom. The van der Waals surface area contributed by atoms with Gasteiger partial charge in [-0.3, -0.25) is 0 Å². The summed E-state index contributed by atoms with van der Waals surface area (Å²) in [7, 11) is 0. The van der Waals surface area contributed by atoms with Gasteiger partial charge in [-0.2, -0.15) is 0 Å². The van der Waals surface area contributed by atoms with E-state index in [0.29, 0.717) is 0 Å². The molecule has 0 amide bonds. The number of rotatable bonds is 2. The summed E-state index contributed by atoms with van der Waals surface area (Å²) in [5, 5.41) is 0.205. The second kappa shape index (κ2) is 8.96. The number of aromatic nitrogens is 4. The normalized spacial score (nSPS) is 10.1. The Morgan fingerprint density at radius 1 is 0.571 bits per heavy atom. The van der Waals surface area contributed by atoms with Crippen LogP contribution in [0.15, 0.2) is 73.3 Å². The number of nitrogens with two attached hydrogens (primary N) is 1. The zero-order valence-electron chi connectivity index (χ0n) is 14.4. The predicted molar refractivity (Wildman–Crippen MR) is 104 cm³/mol. The average Bonchev–Trinajstić information content (AvgIpc) is 2.71. The molecule has 2 aromatic heterocycles. The van der Waals surface area contributed by atoms with Crippen LogP contribution < -0.4 is 5.73 Å². The predicted octanol–water partition coefficient (Wildman–Crippen LogP) is 4.80. The minimum absolute atomic E-state index is 0.205. The number of nitrogen functional groups attached to an aromatic ring is 1. The summed E-state index contributed by atoms with van der Waals surface area (Å²) in [4.78, 5) is 15.4. The molecule has 28 heavy (non-hydrogen) atoms. The molecule has 0 saturated heterocycles. The van der Waals surface area contributed by atoms with Crippen LogP contribution in [-0.2, 0) is 0 Å². The van der Waals surface area contributed by atoms with Gasteiger partial charge in [-0.25, -0.2) is 28.7 Å². The van der Waals surface area contributed by atoms with E-state index in [4.69, 9.17) is 17.3 Å². The van der Waals surface area contributed by atoms with Gasteiger partial charge in [-0.1, -0.05) is 24.3 Å². The van der Waals surface area contributed by atoms with Crippen LogP contribution in [0.2, 0.25) is 5.28 Å². The van der Waals surface area contributed by atoms with Crippen LogP contribution in [0.5, 0.6) is 0 Å². The number of benzene rings is 2. The Morgan fingerprint density at radius 2 is 0.929 bits per heavy atom. The van der Waals surface area contributed by atoms with Crippen molar-refractivity contribution < 1.29 is 8.78 Å². The third-order valence-corrected chi connectivity index (χ3v) is 3.84. The lowest BCUT2D eigenvalue weighted by Crippen LogP contribution is -1.93. The first-order valence-corrected chi connectivity index (χ1v) is 8.46. The van der Waals surface area contributed by atoms with Crippen molar-refractivity contribution in [3.05, 3.63) is 90.2 Å². The number of hydrogen-bond acceptors (Lipinski definition) is 5. The van der Waals surface area contributed by atoms with Crippen LogP contribution in [-0.4, -0.2) is 19.9 Å². The van der Waals surface area contributed by atoms with Crippen LogP contribution in [0, 0.1) is 11.6 Å². The maximum absolute atomic E-state index is 12.6. The molecule has 2 heterocycles. The minimum atomic E-state index is -0.261. The lowest BCUT2D eigenvalue weighted by molar-refractivity contribution is 0.627. The van der Waals surface area contributed by atoms with Crippen LogP contribution in [0.25, 0.3) is 22.3 Å². The topological polar surface area (TPSA) is 77.6 Å². The van der Waals surface area contributed by atoms with Gasteiger partial charge in [-0.15, -0.1) is 0 Å². The highest BCUT2D eigenvalue weighted by Crippen LogP contribution is 2.18. The molecule has 0 saturated carbocycles. The van der Waals surface area contributed by atoms with E-state index in [1.807, 2.05) is 0 Å². The molecule has 0 unspecified atom stereocenters. The van der Waals surface area contributed by atoms with E-state index in [2.05, 4.69) is 19.9 Å².